The van der Waals surface area contributed by atoms with Gasteiger partial charge in [0.1, 0.15) is 11.9 Å². The third-order valence-electron chi connectivity index (χ3n) is 3.62. The van der Waals surface area contributed by atoms with E-state index in [1.807, 2.05) is 42.5 Å². The van der Waals surface area contributed by atoms with E-state index in [2.05, 4.69) is 30.3 Å². The lowest BCUT2D eigenvalue weighted by atomic mass is 10.1. The first kappa shape index (κ1) is 13.7. The van der Waals surface area contributed by atoms with E-state index >= 15 is 0 Å². The molecule has 0 aromatic heterocycles. The Bertz CT molecular complexity index is 704. The summed E-state index contributed by atoms with van der Waals surface area (Å²) in [6.07, 6.45) is 0.787. The lowest BCUT2D eigenvalue weighted by Crippen LogP contribution is -2.13. The van der Waals surface area contributed by atoms with Gasteiger partial charge in [-0.25, -0.2) is 0 Å². The molecule has 2 nitrogen and oxygen atoms in total. The van der Waals surface area contributed by atoms with Crippen LogP contribution >= 0.6 is 0 Å². The van der Waals surface area contributed by atoms with Crippen LogP contribution in [-0.4, -0.2) is 6.54 Å². The minimum atomic E-state index is -0.0120. The van der Waals surface area contributed by atoms with Gasteiger partial charge in [-0.3, -0.25) is 0 Å². The number of rotatable bonds is 5. The van der Waals surface area contributed by atoms with Crippen molar-refractivity contribution < 1.29 is 4.74 Å². The summed E-state index contributed by atoms with van der Waals surface area (Å²) in [5.41, 5.74) is 6.92. The third-order valence-corrected chi connectivity index (χ3v) is 3.62. The summed E-state index contributed by atoms with van der Waals surface area (Å²) < 4.78 is 6.27. The van der Waals surface area contributed by atoms with Crippen LogP contribution in [0.1, 0.15) is 18.1 Å². The summed E-state index contributed by atoms with van der Waals surface area (Å²) in [5.74, 6) is 0.912. The molecule has 0 aliphatic carbocycles. The van der Waals surface area contributed by atoms with E-state index in [1.54, 1.807) is 0 Å². The fraction of sp³-hybridized carbons (Fsp3) is 0.158. The average molecular weight is 277 g/mol. The molecule has 0 fully saturated rings. The standard InChI is InChI=1S/C19H19NO/c20-14-13-18(16-8-2-1-3-9-16)21-19-12-6-10-15-7-4-5-11-17(15)19/h1-12,18H,13-14,20H2. The number of hydrogen-bond donors (Lipinski definition) is 1. The molecule has 0 aliphatic heterocycles. The zero-order chi connectivity index (χ0) is 14.5. The number of ether oxygens (including phenoxy) is 1. The monoisotopic (exact) mass is 277 g/mol. The van der Waals surface area contributed by atoms with Gasteiger partial charge in [-0.2, -0.15) is 0 Å². The maximum atomic E-state index is 6.27. The summed E-state index contributed by atoms with van der Waals surface area (Å²) >= 11 is 0. The Morgan fingerprint density at radius 1 is 0.810 bits per heavy atom. The Kier molecular flexibility index (Phi) is 4.17. The second-order valence-electron chi connectivity index (χ2n) is 5.07. The van der Waals surface area contributed by atoms with E-state index in [-0.39, 0.29) is 6.10 Å². The van der Waals surface area contributed by atoms with Crippen LogP contribution in [0.4, 0.5) is 0 Å². The molecule has 2 N–H and O–H groups in total. The van der Waals surface area contributed by atoms with Gasteiger partial charge < -0.3 is 10.5 Å². The van der Waals surface area contributed by atoms with Crippen molar-refractivity contribution in [1.82, 2.24) is 0 Å². The summed E-state index contributed by atoms with van der Waals surface area (Å²) in [4.78, 5) is 0. The Morgan fingerprint density at radius 2 is 1.52 bits per heavy atom. The molecular formula is C19H19NO. The van der Waals surface area contributed by atoms with E-state index < -0.39 is 0 Å². The SMILES string of the molecule is NCCC(Oc1cccc2ccccc12)c1ccccc1. The molecule has 0 bridgehead atoms. The second kappa shape index (κ2) is 6.42. The van der Waals surface area contributed by atoms with E-state index in [9.17, 15) is 0 Å². The first-order valence-electron chi connectivity index (χ1n) is 7.28. The van der Waals surface area contributed by atoms with Crippen LogP contribution in [0.25, 0.3) is 10.8 Å². The molecule has 0 spiro atoms. The third kappa shape index (κ3) is 3.06. The van der Waals surface area contributed by atoms with Crippen LogP contribution < -0.4 is 10.5 Å². The molecule has 1 unspecified atom stereocenters. The molecule has 21 heavy (non-hydrogen) atoms. The highest BCUT2D eigenvalue weighted by Gasteiger charge is 2.13. The van der Waals surface area contributed by atoms with E-state index in [4.69, 9.17) is 10.5 Å². The molecule has 3 aromatic carbocycles. The van der Waals surface area contributed by atoms with Crippen LogP contribution in [0, 0.1) is 0 Å². The van der Waals surface area contributed by atoms with Gasteiger partial charge in [0.15, 0.2) is 0 Å². The summed E-state index contributed by atoms with van der Waals surface area (Å²) in [6, 6.07) is 24.7. The van der Waals surface area contributed by atoms with Crippen molar-refractivity contribution >= 4 is 10.8 Å². The molecule has 3 rings (SSSR count). The van der Waals surface area contributed by atoms with Crippen LogP contribution in [0.5, 0.6) is 5.75 Å². The summed E-state index contributed by atoms with van der Waals surface area (Å²) in [5, 5.41) is 2.33. The number of nitrogens with two attached hydrogens (primary N) is 1. The minimum absolute atomic E-state index is 0.0120. The van der Waals surface area contributed by atoms with Crippen LogP contribution in [-0.2, 0) is 0 Å². The summed E-state index contributed by atoms with van der Waals surface area (Å²) in [7, 11) is 0. The van der Waals surface area contributed by atoms with Crippen molar-refractivity contribution in [3.8, 4) is 5.75 Å². The van der Waals surface area contributed by atoms with Crippen LogP contribution in [0.3, 0.4) is 0 Å². The molecular weight excluding hydrogens is 258 g/mol. The van der Waals surface area contributed by atoms with Crippen molar-refractivity contribution in [3.63, 3.8) is 0 Å². The Morgan fingerprint density at radius 3 is 2.33 bits per heavy atom. The van der Waals surface area contributed by atoms with Gasteiger partial charge in [0.25, 0.3) is 0 Å². The van der Waals surface area contributed by atoms with Crippen molar-refractivity contribution in [1.29, 1.82) is 0 Å². The molecule has 0 radical (unpaired) electrons. The van der Waals surface area contributed by atoms with Gasteiger partial charge >= 0.3 is 0 Å². The predicted molar refractivity (Wildman–Crippen MR) is 87.4 cm³/mol. The lowest BCUT2D eigenvalue weighted by Gasteiger charge is -2.20. The zero-order valence-electron chi connectivity index (χ0n) is 11.9. The van der Waals surface area contributed by atoms with Crippen molar-refractivity contribution in [3.05, 3.63) is 78.4 Å². The first-order chi connectivity index (χ1) is 10.4. The van der Waals surface area contributed by atoms with Crippen LogP contribution in [0.15, 0.2) is 72.8 Å². The van der Waals surface area contributed by atoms with Crippen LogP contribution in [0.2, 0.25) is 0 Å². The van der Waals surface area contributed by atoms with Gasteiger partial charge in [-0.1, -0.05) is 66.7 Å². The van der Waals surface area contributed by atoms with Gasteiger partial charge in [-0.15, -0.1) is 0 Å². The molecule has 2 heteroatoms. The first-order valence-corrected chi connectivity index (χ1v) is 7.28. The Balaban J connectivity index is 1.95. The lowest BCUT2D eigenvalue weighted by molar-refractivity contribution is 0.200. The van der Waals surface area contributed by atoms with Gasteiger partial charge in [0.05, 0.1) is 0 Å². The molecule has 0 saturated heterocycles. The number of fused-ring (bicyclic) bond motifs is 1. The largest absolute Gasteiger partial charge is 0.485 e. The second-order valence-corrected chi connectivity index (χ2v) is 5.07. The molecule has 1 atom stereocenters. The zero-order valence-corrected chi connectivity index (χ0v) is 11.9. The molecule has 3 aromatic rings. The highest BCUT2D eigenvalue weighted by molar-refractivity contribution is 5.88. The number of benzene rings is 3. The molecule has 106 valence electrons. The molecule has 0 aliphatic rings. The molecule has 0 saturated carbocycles. The Hall–Kier alpha value is -2.32. The maximum absolute atomic E-state index is 6.27. The average Bonchev–Trinajstić information content (AvgIpc) is 2.55. The van der Waals surface area contributed by atoms with Crippen molar-refractivity contribution in [2.75, 3.05) is 6.54 Å². The minimum Gasteiger partial charge on any atom is -0.485 e. The quantitative estimate of drug-likeness (QED) is 0.754. The molecule has 0 heterocycles. The van der Waals surface area contributed by atoms with Gasteiger partial charge in [0.2, 0.25) is 0 Å². The van der Waals surface area contributed by atoms with Gasteiger partial charge in [0, 0.05) is 11.8 Å². The van der Waals surface area contributed by atoms with Crippen molar-refractivity contribution in [2.45, 2.75) is 12.5 Å². The van der Waals surface area contributed by atoms with E-state index in [0.29, 0.717) is 6.54 Å². The highest BCUT2D eigenvalue weighted by atomic mass is 16.5. The maximum Gasteiger partial charge on any atom is 0.128 e. The van der Waals surface area contributed by atoms with Crippen molar-refractivity contribution in [2.24, 2.45) is 5.73 Å². The predicted octanol–water partition coefficient (Wildman–Crippen LogP) is 4.31. The Labute approximate surface area is 125 Å². The topological polar surface area (TPSA) is 35.2 Å². The molecule has 0 amide bonds. The smallest absolute Gasteiger partial charge is 0.128 e. The number of hydrogen-bond acceptors (Lipinski definition) is 2. The normalized spacial score (nSPS) is 12.2. The fourth-order valence-electron chi connectivity index (χ4n) is 2.56. The summed E-state index contributed by atoms with van der Waals surface area (Å²) in [6.45, 7) is 0.602. The van der Waals surface area contributed by atoms with E-state index in [0.717, 1.165) is 23.1 Å². The fourth-order valence-corrected chi connectivity index (χ4v) is 2.56. The highest BCUT2D eigenvalue weighted by Crippen LogP contribution is 2.30. The van der Waals surface area contributed by atoms with Gasteiger partial charge in [-0.05, 0) is 23.6 Å². The van der Waals surface area contributed by atoms with E-state index in [1.165, 1.54) is 5.39 Å².